The van der Waals surface area contributed by atoms with E-state index in [1.165, 1.54) is 11.0 Å². The van der Waals surface area contributed by atoms with Crippen molar-refractivity contribution in [2.45, 2.75) is 6.92 Å². The molecule has 0 fully saturated rings. The van der Waals surface area contributed by atoms with Gasteiger partial charge in [0.2, 0.25) is 0 Å². The Bertz CT molecular complexity index is 564. The molecule has 6 heteroatoms. The molecular weight excluding hydrogens is 284 g/mol. The molecule has 17 heavy (non-hydrogen) atoms. The highest BCUT2D eigenvalue weighted by atomic mass is 79.9. The van der Waals surface area contributed by atoms with Gasteiger partial charge < -0.3 is 5.32 Å². The average Bonchev–Trinajstić information content (AvgIpc) is 2.70. The Morgan fingerprint density at radius 1 is 1.47 bits per heavy atom. The van der Waals surface area contributed by atoms with E-state index in [0.29, 0.717) is 5.69 Å². The quantitative estimate of drug-likeness (QED) is 0.923. The van der Waals surface area contributed by atoms with E-state index in [4.69, 9.17) is 0 Å². The first-order valence-electron chi connectivity index (χ1n) is 5.00. The third kappa shape index (κ3) is 2.71. The van der Waals surface area contributed by atoms with Crippen LogP contribution in [0.3, 0.4) is 0 Å². The topological polar surface area (TPSA) is 59.8 Å². The Hall–Kier alpha value is -1.69. The molecule has 1 heterocycles. The lowest BCUT2D eigenvalue weighted by Crippen LogP contribution is -2.13. The van der Waals surface area contributed by atoms with Gasteiger partial charge in [0.1, 0.15) is 0 Å². The van der Waals surface area contributed by atoms with E-state index in [1.54, 1.807) is 7.05 Å². The largest absolute Gasteiger partial charge is 0.321 e. The molecule has 0 saturated heterocycles. The zero-order valence-electron chi connectivity index (χ0n) is 9.44. The summed E-state index contributed by atoms with van der Waals surface area (Å²) in [4.78, 5) is 13.1. The number of hydrogen-bond donors (Lipinski definition) is 1. The SMILES string of the molecule is Cc1cc(NC(=O)c2cnn(C)n2)ccc1Br. The Labute approximate surface area is 107 Å². The van der Waals surface area contributed by atoms with Gasteiger partial charge in [0.25, 0.3) is 5.91 Å². The fraction of sp³-hybridized carbons (Fsp3) is 0.182. The number of benzene rings is 1. The van der Waals surface area contributed by atoms with Gasteiger partial charge >= 0.3 is 0 Å². The second-order valence-corrected chi connectivity index (χ2v) is 4.49. The molecular formula is C11H11BrN4O. The zero-order valence-corrected chi connectivity index (χ0v) is 11.0. The number of aromatic nitrogens is 3. The van der Waals surface area contributed by atoms with E-state index in [0.717, 1.165) is 15.7 Å². The molecule has 0 aliphatic carbocycles. The van der Waals surface area contributed by atoms with E-state index < -0.39 is 0 Å². The summed E-state index contributed by atoms with van der Waals surface area (Å²) in [6, 6.07) is 5.60. The second kappa shape index (κ2) is 4.67. The van der Waals surface area contributed by atoms with Crippen molar-refractivity contribution < 1.29 is 4.79 Å². The monoisotopic (exact) mass is 294 g/mol. The standard InChI is InChI=1S/C11H11BrN4O/c1-7-5-8(3-4-9(7)12)14-11(17)10-6-13-16(2)15-10/h3-6H,1-2H3,(H,14,17). The number of rotatable bonds is 2. The Morgan fingerprint density at radius 2 is 2.24 bits per heavy atom. The molecule has 0 unspecified atom stereocenters. The molecule has 2 rings (SSSR count). The van der Waals surface area contributed by atoms with Crippen LogP contribution in [0.5, 0.6) is 0 Å². The maximum Gasteiger partial charge on any atom is 0.277 e. The lowest BCUT2D eigenvalue weighted by molar-refractivity contribution is 0.102. The van der Waals surface area contributed by atoms with Crippen molar-refractivity contribution in [1.82, 2.24) is 15.0 Å². The lowest BCUT2D eigenvalue weighted by Gasteiger charge is -2.05. The lowest BCUT2D eigenvalue weighted by atomic mass is 10.2. The van der Waals surface area contributed by atoms with E-state index in [2.05, 4.69) is 31.4 Å². The van der Waals surface area contributed by atoms with Crippen molar-refractivity contribution in [3.63, 3.8) is 0 Å². The van der Waals surface area contributed by atoms with Gasteiger partial charge in [-0.25, -0.2) is 0 Å². The molecule has 1 aromatic carbocycles. The van der Waals surface area contributed by atoms with Crippen LogP contribution in [0.25, 0.3) is 0 Å². The van der Waals surface area contributed by atoms with Gasteiger partial charge in [0, 0.05) is 17.2 Å². The molecule has 5 nitrogen and oxygen atoms in total. The Kier molecular flexibility index (Phi) is 3.23. The summed E-state index contributed by atoms with van der Waals surface area (Å²) in [6.45, 7) is 1.96. The third-order valence-electron chi connectivity index (χ3n) is 2.25. The molecule has 1 N–H and O–H groups in total. The van der Waals surface area contributed by atoms with Crippen molar-refractivity contribution in [3.05, 3.63) is 40.1 Å². The third-order valence-corrected chi connectivity index (χ3v) is 3.14. The van der Waals surface area contributed by atoms with Gasteiger partial charge in [-0.05, 0) is 30.7 Å². The summed E-state index contributed by atoms with van der Waals surface area (Å²) in [7, 11) is 1.67. The highest BCUT2D eigenvalue weighted by molar-refractivity contribution is 9.10. The smallest absolute Gasteiger partial charge is 0.277 e. The molecule has 2 aromatic rings. The predicted octanol–water partition coefficient (Wildman–Crippen LogP) is 2.14. The van der Waals surface area contributed by atoms with Crippen LogP contribution >= 0.6 is 15.9 Å². The van der Waals surface area contributed by atoms with Gasteiger partial charge in [0.05, 0.1) is 6.20 Å². The van der Waals surface area contributed by atoms with Crippen LogP contribution in [0.15, 0.2) is 28.9 Å². The van der Waals surface area contributed by atoms with Crippen molar-refractivity contribution in [2.24, 2.45) is 7.05 Å². The summed E-state index contributed by atoms with van der Waals surface area (Å²) in [5.41, 5.74) is 2.09. The van der Waals surface area contributed by atoms with Crippen LogP contribution in [-0.4, -0.2) is 20.9 Å². The van der Waals surface area contributed by atoms with Crippen molar-refractivity contribution in [1.29, 1.82) is 0 Å². The number of amides is 1. The number of carbonyl (C=O) groups excluding carboxylic acids is 1. The van der Waals surface area contributed by atoms with Crippen LogP contribution in [0.2, 0.25) is 0 Å². The molecule has 88 valence electrons. The van der Waals surface area contributed by atoms with Crippen molar-refractivity contribution in [3.8, 4) is 0 Å². The zero-order chi connectivity index (χ0) is 12.4. The van der Waals surface area contributed by atoms with E-state index in [1.807, 2.05) is 25.1 Å². The van der Waals surface area contributed by atoms with Gasteiger partial charge in [-0.3, -0.25) is 4.79 Å². The number of nitrogens with one attached hydrogen (secondary N) is 1. The maximum absolute atomic E-state index is 11.8. The maximum atomic E-state index is 11.8. The van der Waals surface area contributed by atoms with Crippen LogP contribution < -0.4 is 5.32 Å². The van der Waals surface area contributed by atoms with E-state index in [-0.39, 0.29) is 5.91 Å². The van der Waals surface area contributed by atoms with Crippen LogP contribution in [0.1, 0.15) is 16.1 Å². The van der Waals surface area contributed by atoms with Crippen molar-refractivity contribution in [2.75, 3.05) is 5.32 Å². The minimum absolute atomic E-state index is 0.264. The summed E-state index contributed by atoms with van der Waals surface area (Å²) >= 11 is 3.41. The van der Waals surface area contributed by atoms with Crippen molar-refractivity contribution >= 4 is 27.5 Å². The number of carbonyl (C=O) groups is 1. The molecule has 1 aromatic heterocycles. The summed E-state index contributed by atoms with van der Waals surface area (Å²) < 4.78 is 1.01. The van der Waals surface area contributed by atoms with E-state index in [9.17, 15) is 4.79 Å². The van der Waals surface area contributed by atoms with Gasteiger partial charge in [-0.15, -0.1) is 5.10 Å². The summed E-state index contributed by atoms with van der Waals surface area (Å²) in [6.07, 6.45) is 1.43. The Balaban J connectivity index is 2.15. The minimum atomic E-state index is -0.264. The normalized spacial score (nSPS) is 10.3. The summed E-state index contributed by atoms with van der Waals surface area (Å²) in [5, 5.41) is 10.5. The highest BCUT2D eigenvalue weighted by Crippen LogP contribution is 2.20. The van der Waals surface area contributed by atoms with Crippen LogP contribution in [0.4, 0.5) is 5.69 Å². The number of hydrogen-bond acceptors (Lipinski definition) is 3. The fourth-order valence-corrected chi connectivity index (χ4v) is 1.61. The minimum Gasteiger partial charge on any atom is -0.321 e. The number of anilines is 1. The Morgan fingerprint density at radius 3 is 2.82 bits per heavy atom. The first-order valence-corrected chi connectivity index (χ1v) is 5.79. The molecule has 0 bridgehead atoms. The fourth-order valence-electron chi connectivity index (χ4n) is 1.37. The van der Waals surface area contributed by atoms with Gasteiger partial charge in [0.15, 0.2) is 5.69 Å². The van der Waals surface area contributed by atoms with Crippen LogP contribution in [0, 0.1) is 6.92 Å². The van der Waals surface area contributed by atoms with Gasteiger partial charge in [-0.1, -0.05) is 15.9 Å². The molecule has 0 saturated carbocycles. The summed E-state index contributed by atoms with van der Waals surface area (Å²) in [5.74, 6) is -0.264. The van der Waals surface area contributed by atoms with E-state index >= 15 is 0 Å². The number of halogens is 1. The first kappa shape index (κ1) is 11.8. The molecule has 0 radical (unpaired) electrons. The van der Waals surface area contributed by atoms with Gasteiger partial charge in [-0.2, -0.15) is 9.90 Å². The van der Waals surface area contributed by atoms with Crippen LogP contribution in [-0.2, 0) is 7.05 Å². The first-order chi connectivity index (χ1) is 8.06. The number of aryl methyl sites for hydroxylation is 2. The molecule has 0 spiro atoms. The predicted molar refractivity (Wildman–Crippen MR) is 67.8 cm³/mol. The average molecular weight is 295 g/mol. The number of nitrogens with zero attached hydrogens (tertiary/aromatic N) is 3. The second-order valence-electron chi connectivity index (χ2n) is 3.64. The molecule has 0 atom stereocenters. The highest BCUT2D eigenvalue weighted by Gasteiger charge is 2.10. The molecule has 1 amide bonds. The molecule has 0 aliphatic rings. The molecule has 0 aliphatic heterocycles.